The molecular weight excluding hydrogens is 960 g/mol. The molecule has 2 atom stereocenters. The van der Waals surface area contributed by atoms with Crippen LogP contribution in [0.4, 0.5) is 30.2 Å². The van der Waals surface area contributed by atoms with E-state index in [1.54, 1.807) is 13.0 Å². The van der Waals surface area contributed by atoms with Crippen LogP contribution in [0.5, 0.6) is 23.1 Å². The van der Waals surface area contributed by atoms with Crippen LogP contribution in [0.25, 0.3) is 11.0 Å². The van der Waals surface area contributed by atoms with Gasteiger partial charge in [0.25, 0.3) is 27.5 Å². The molecule has 17 nitrogen and oxygen atoms in total. The summed E-state index contributed by atoms with van der Waals surface area (Å²) in [4.78, 5) is 36.5. The maximum atomic E-state index is 14.9. The number of pyridine rings is 1. The van der Waals surface area contributed by atoms with Crippen LogP contribution < -0.4 is 29.1 Å². The van der Waals surface area contributed by atoms with Gasteiger partial charge in [-0.05, 0) is 98.8 Å². The number of aromatic nitrogens is 2. The SMILES string of the molecule is CC(C)c1ccccc1[C@H]1COCCN1C1CC2(CCN(c3ccc(C(=O)NS(=O)(=O)c4cc5c(c([N+](=O)[O-])c4)N[C@@H]([C@H]4CC[C@](C)(O)CC4)CO5)c(Oc4cc5c(F)c[nH]c5nc4OC(F)F)c3)CC2)C1. The molecule has 4 fully saturated rings. The number of hydrogen-bond donors (Lipinski definition) is 4. The lowest BCUT2D eigenvalue weighted by Crippen LogP contribution is -2.58. The smallest absolute Gasteiger partial charge is 0.388 e. The minimum absolute atomic E-state index is 0.00819. The van der Waals surface area contributed by atoms with E-state index in [4.69, 9.17) is 14.2 Å². The highest BCUT2D eigenvalue weighted by molar-refractivity contribution is 7.90. The number of benzene rings is 3. The number of carbonyl (C=O) groups is 1. The van der Waals surface area contributed by atoms with Gasteiger partial charge in [-0.2, -0.15) is 13.8 Å². The molecule has 3 aromatic carbocycles. The van der Waals surface area contributed by atoms with Crippen LogP contribution in [0, 0.1) is 27.3 Å². The summed E-state index contributed by atoms with van der Waals surface area (Å²) in [6.07, 6.45) is 7.18. The van der Waals surface area contributed by atoms with Gasteiger partial charge in [0.1, 0.15) is 23.8 Å². The fraction of sp³-hybridized carbons (Fsp3) is 0.490. The van der Waals surface area contributed by atoms with Gasteiger partial charge in [-0.1, -0.05) is 38.1 Å². The summed E-state index contributed by atoms with van der Waals surface area (Å²) in [5, 5.41) is 25.9. The van der Waals surface area contributed by atoms with E-state index in [2.05, 4.69) is 67.9 Å². The molecule has 5 aromatic rings. The Labute approximate surface area is 414 Å². The Morgan fingerprint density at radius 1 is 1.01 bits per heavy atom. The topological polar surface area (TPSA) is 211 Å². The van der Waals surface area contributed by atoms with Crippen molar-refractivity contribution in [2.75, 3.05) is 49.7 Å². The zero-order valence-corrected chi connectivity index (χ0v) is 41.0. The van der Waals surface area contributed by atoms with Gasteiger partial charge in [-0.15, -0.1) is 0 Å². The summed E-state index contributed by atoms with van der Waals surface area (Å²) in [6, 6.07) is 16.3. The van der Waals surface area contributed by atoms with Gasteiger partial charge in [-0.25, -0.2) is 17.5 Å². The lowest BCUT2D eigenvalue weighted by Gasteiger charge is -2.57. The average molecular weight is 1020 g/mol. The largest absolute Gasteiger partial charge is 0.489 e. The molecule has 2 aliphatic carbocycles. The Kier molecular flexibility index (Phi) is 13.3. The van der Waals surface area contributed by atoms with Crippen molar-refractivity contribution in [1.29, 1.82) is 0 Å². The van der Waals surface area contributed by atoms with E-state index in [-0.39, 0.29) is 63.8 Å². The molecule has 4 N–H and O–H groups in total. The number of hydrogen-bond acceptors (Lipinski definition) is 14. The monoisotopic (exact) mass is 1020 g/mol. The molecule has 0 radical (unpaired) electrons. The number of nitro groups is 1. The number of alkyl halides is 2. The second-order valence-corrected chi connectivity index (χ2v) is 22.2. The lowest BCUT2D eigenvalue weighted by atomic mass is 9.59. The van der Waals surface area contributed by atoms with Crippen molar-refractivity contribution >= 4 is 44.0 Å². The Morgan fingerprint density at radius 2 is 1.76 bits per heavy atom. The zero-order chi connectivity index (χ0) is 50.7. The van der Waals surface area contributed by atoms with E-state index in [1.807, 2.05) is 4.72 Å². The van der Waals surface area contributed by atoms with Gasteiger partial charge in [0.2, 0.25) is 0 Å². The van der Waals surface area contributed by atoms with Gasteiger partial charge >= 0.3 is 6.61 Å². The number of morpholine rings is 1. The van der Waals surface area contributed by atoms with Crippen molar-refractivity contribution in [3.05, 3.63) is 99.5 Å². The predicted octanol–water partition coefficient (Wildman–Crippen LogP) is 9.18. The molecule has 10 rings (SSSR count). The van der Waals surface area contributed by atoms with E-state index >= 15 is 0 Å². The normalized spacial score (nSPS) is 23.6. The molecule has 3 aliphatic heterocycles. The van der Waals surface area contributed by atoms with Crippen molar-refractivity contribution in [2.24, 2.45) is 11.3 Å². The minimum atomic E-state index is -4.87. The summed E-state index contributed by atoms with van der Waals surface area (Å²) in [5.74, 6) is -3.20. The van der Waals surface area contributed by atoms with Crippen LogP contribution in [0.15, 0.2) is 71.8 Å². The molecule has 2 saturated heterocycles. The highest BCUT2D eigenvalue weighted by atomic mass is 32.2. The Hall–Kier alpha value is -6.16. The van der Waals surface area contributed by atoms with Crippen LogP contribution in [-0.4, -0.2) is 103 Å². The fourth-order valence-electron chi connectivity index (χ4n) is 11.5. The number of rotatable bonds is 13. The number of nitro benzene ring substituents is 1. The number of amides is 1. The first-order valence-electron chi connectivity index (χ1n) is 24.5. The van der Waals surface area contributed by atoms with Crippen molar-refractivity contribution < 1.29 is 55.4 Å². The summed E-state index contributed by atoms with van der Waals surface area (Å²) in [7, 11) is -4.87. The van der Waals surface area contributed by atoms with E-state index in [1.165, 1.54) is 23.3 Å². The maximum absolute atomic E-state index is 14.9. The number of nitrogens with zero attached hydrogens (tertiary/aromatic N) is 4. The first kappa shape index (κ1) is 49.4. The third-order valence-corrected chi connectivity index (χ3v) is 16.8. The highest BCUT2D eigenvalue weighted by Gasteiger charge is 2.50. The number of halogens is 3. The number of piperidine rings is 1. The lowest BCUT2D eigenvalue weighted by molar-refractivity contribution is -0.384. The number of carbonyl (C=O) groups excluding carboxylic acids is 1. The van der Waals surface area contributed by atoms with E-state index in [0.29, 0.717) is 69.6 Å². The molecule has 2 aromatic heterocycles. The molecule has 5 aliphatic rings. The van der Waals surface area contributed by atoms with Gasteiger partial charge in [-0.3, -0.25) is 19.8 Å². The van der Waals surface area contributed by atoms with Crippen molar-refractivity contribution in [3.8, 4) is 23.1 Å². The summed E-state index contributed by atoms with van der Waals surface area (Å²) < 4.78 is 95.3. The molecule has 2 saturated carbocycles. The number of H-pyrrole nitrogens is 1. The zero-order valence-electron chi connectivity index (χ0n) is 40.2. The number of anilines is 2. The maximum Gasteiger partial charge on any atom is 0.388 e. The fourth-order valence-corrected chi connectivity index (χ4v) is 12.5. The molecule has 384 valence electrons. The highest BCUT2D eigenvalue weighted by Crippen LogP contribution is 2.53. The number of nitrogens with one attached hydrogen (secondary N) is 3. The van der Waals surface area contributed by atoms with E-state index < -0.39 is 61.1 Å². The van der Waals surface area contributed by atoms with Crippen LogP contribution in [-0.2, 0) is 14.8 Å². The number of aromatic amines is 1. The molecular formula is C51H58F3N7O10S. The van der Waals surface area contributed by atoms with E-state index in [0.717, 1.165) is 56.6 Å². The average Bonchev–Trinajstić information content (AvgIpc) is 3.70. The summed E-state index contributed by atoms with van der Waals surface area (Å²) >= 11 is 0. The molecule has 0 bridgehead atoms. The Bertz CT molecular complexity index is 2980. The van der Waals surface area contributed by atoms with Crippen LogP contribution in [0.1, 0.15) is 106 Å². The standard InChI is InChI=1S/C51H58F3N7O10S/c1-29(2)34-6-4-5-7-35(34)41-28-68-19-18-60(41)32-24-51(25-32)14-16-59(17-15-51)31-8-9-36(42(20-31)70-44-23-37-38(52)26-55-46(37)57-48(44)71-49(53)54)47(62)58-72(66,67)33-21-40(61(64)65)45-43(22-33)69-27-39(56-45)30-10-12-50(3,63)13-11-30/h4-9,20-23,26,29-30,32,39,41,49,56,63H,10-19,24-25,27-28H2,1-3H3,(H,55,57)(H,58,62)/t30-,39-,41-,50-/m1/s1. The van der Waals surface area contributed by atoms with Crippen molar-refractivity contribution in [1.82, 2.24) is 19.6 Å². The Morgan fingerprint density at radius 3 is 2.49 bits per heavy atom. The molecule has 0 unspecified atom stereocenters. The first-order chi connectivity index (χ1) is 34.4. The number of ether oxygens (including phenoxy) is 4. The second-order valence-electron chi connectivity index (χ2n) is 20.6. The quantitative estimate of drug-likeness (QED) is 0.0640. The van der Waals surface area contributed by atoms with Gasteiger partial charge in [0.15, 0.2) is 17.2 Å². The minimum Gasteiger partial charge on any atom is -0.489 e. The van der Waals surface area contributed by atoms with Crippen LogP contribution >= 0.6 is 0 Å². The van der Waals surface area contributed by atoms with Gasteiger partial charge in [0.05, 0.1) is 51.7 Å². The summed E-state index contributed by atoms with van der Waals surface area (Å²) in [5.41, 5.74) is 1.46. The van der Waals surface area contributed by atoms with E-state index in [9.17, 15) is 41.6 Å². The molecule has 1 spiro atoms. The molecule has 1 amide bonds. The summed E-state index contributed by atoms with van der Waals surface area (Å²) in [6.45, 7) is 6.33. The van der Waals surface area contributed by atoms with Gasteiger partial charge in [0, 0.05) is 61.8 Å². The molecule has 21 heteroatoms. The molecule has 5 heterocycles. The Balaban J connectivity index is 0.898. The third-order valence-electron chi connectivity index (χ3n) is 15.5. The van der Waals surface area contributed by atoms with Crippen molar-refractivity contribution in [3.63, 3.8) is 0 Å². The first-order valence-corrected chi connectivity index (χ1v) is 26.0. The van der Waals surface area contributed by atoms with Crippen LogP contribution in [0.2, 0.25) is 0 Å². The second kappa shape index (κ2) is 19.4. The number of aliphatic hydroxyl groups is 1. The van der Waals surface area contributed by atoms with Crippen LogP contribution in [0.3, 0.4) is 0 Å². The molecule has 72 heavy (non-hydrogen) atoms. The van der Waals surface area contributed by atoms with Gasteiger partial charge < -0.3 is 39.3 Å². The number of sulfonamides is 1. The third kappa shape index (κ3) is 9.87. The predicted molar refractivity (Wildman–Crippen MR) is 260 cm³/mol. The van der Waals surface area contributed by atoms with Crippen molar-refractivity contribution in [2.45, 2.75) is 113 Å². The number of fused-ring (bicyclic) bond motifs is 2.